The van der Waals surface area contributed by atoms with Crippen LogP contribution in [0.15, 0.2) is 0 Å². The van der Waals surface area contributed by atoms with Crippen LogP contribution in [0.4, 0.5) is 0 Å². The molecule has 0 radical (unpaired) electrons. The Labute approximate surface area is 115 Å². The second-order valence-electron chi connectivity index (χ2n) is 5.44. The molecule has 1 amide bonds. The molecule has 1 saturated heterocycles. The van der Waals surface area contributed by atoms with Gasteiger partial charge in [-0.15, -0.1) is 0 Å². The maximum atomic E-state index is 11.5. The SMILES string of the molecule is CCCNC(=O)CCNC1CCC2(CC1)OCCO2. The molecule has 0 atom stereocenters. The van der Waals surface area contributed by atoms with Crippen molar-refractivity contribution >= 4 is 5.91 Å². The zero-order valence-electron chi connectivity index (χ0n) is 11.9. The molecule has 1 heterocycles. The molecule has 0 aromatic rings. The Hall–Kier alpha value is -0.650. The highest BCUT2D eigenvalue weighted by Gasteiger charge is 2.40. The van der Waals surface area contributed by atoms with Crippen molar-refractivity contribution in [3.05, 3.63) is 0 Å². The number of amides is 1. The molecular formula is C14H26N2O3. The predicted molar refractivity (Wildman–Crippen MR) is 72.8 cm³/mol. The summed E-state index contributed by atoms with van der Waals surface area (Å²) in [5.74, 6) is -0.138. The summed E-state index contributed by atoms with van der Waals surface area (Å²) in [5, 5.41) is 6.35. The minimum Gasteiger partial charge on any atom is -0.356 e. The van der Waals surface area contributed by atoms with E-state index in [4.69, 9.17) is 9.47 Å². The van der Waals surface area contributed by atoms with Gasteiger partial charge in [-0.2, -0.15) is 0 Å². The normalized spacial score (nSPS) is 22.8. The molecule has 110 valence electrons. The number of ether oxygens (including phenoxy) is 2. The molecule has 1 saturated carbocycles. The van der Waals surface area contributed by atoms with E-state index in [9.17, 15) is 4.79 Å². The smallest absolute Gasteiger partial charge is 0.221 e. The molecule has 19 heavy (non-hydrogen) atoms. The van der Waals surface area contributed by atoms with Crippen LogP contribution in [0.3, 0.4) is 0 Å². The van der Waals surface area contributed by atoms with Gasteiger partial charge in [-0.3, -0.25) is 4.79 Å². The summed E-state index contributed by atoms with van der Waals surface area (Å²) in [7, 11) is 0. The fourth-order valence-corrected chi connectivity index (χ4v) is 2.79. The molecule has 2 fully saturated rings. The van der Waals surface area contributed by atoms with Crippen LogP contribution in [0.5, 0.6) is 0 Å². The lowest BCUT2D eigenvalue weighted by Gasteiger charge is -2.35. The summed E-state index contributed by atoms with van der Waals surface area (Å²) in [6, 6.07) is 0.498. The number of carbonyl (C=O) groups is 1. The minimum atomic E-state index is -0.281. The van der Waals surface area contributed by atoms with Crippen molar-refractivity contribution in [3.8, 4) is 0 Å². The minimum absolute atomic E-state index is 0.143. The quantitative estimate of drug-likeness (QED) is 0.761. The van der Waals surface area contributed by atoms with Crippen LogP contribution < -0.4 is 10.6 Å². The van der Waals surface area contributed by atoms with Gasteiger partial charge in [0.15, 0.2) is 5.79 Å². The van der Waals surface area contributed by atoms with Crippen molar-refractivity contribution in [2.45, 2.75) is 57.3 Å². The molecule has 1 aliphatic carbocycles. The standard InChI is InChI=1S/C14H26N2O3/c1-2-8-16-13(17)5-9-15-12-3-6-14(7-4-12)18-10-11-19-14/h12,15H,2-11H2,1H3,(H,16,17). The van der Waals surface area contributed by atoms with E-state index in [0.29, 0.717) is 12.5 Å². The first-order valence-corrected chi connectivity index (χ1v) is 7.52. The molecule has 1 aliphatic heterocycles. The van der Waals surface area contributed by atoms with E-state index in [-0.39, 0.29) is 11.7 Å². The lowest BCUT2D eigenvalue weighted by molar-refractivity contribution is -0.179. The van der Waals surface area contributed by atoms with E-state index >= 15 is 0 Å². The van der Waals surface area contributed by atoms with E-state index in [0.717, 1.165) is 58.4 Å². The molecule has 5 nitrogen and oxygen atoms in total. The number of hydrogen-bond donors (Lipinski definition) is 2. The topological polar surface area (TPSA) is 59.6 Å². The Morgan fingerprint density at radius 2 is 1.89 bits per heavy atom. The van der Waals surface area contributed by atoms with E-state index in [2.05, 4.69) is 17.6 Å². The van der Waals surface area contributed by atoms with Crippen molar-refractivity contribution < 1.29 is 14.3 Å². The Morgan fingerprint density at radius 1 is 1.21 bits per heavy atom. The molecule has 0 aromatic heterocycles. The molecule has 5 heteroatoms. The largest absolute Gasteiger partial charge is 0.356 e. The van der Waals surface area contributed by atoms with Crippen molar-refractivity contribution in [2.75, 3.05) is 26.3 Å². The van der Waals surface area contributed by atoms with Crippen LogP contribution in [-0.4, -0.2) is 44.0 Å². The zero-order valence-corrected chi connectivity index (χ0v) is 11.9. The highest BCUT2D eigenvalue weighted by molar-refractivity contribution is 5.75. The van der Waals surface area contributed by atoms with Gasteiger partial charge in [0, 0.05) is 38.4 Å². The van der Waals surface area contributed by atoms with Crippen LogP contribution in [0, 0.1) is 0 Å². The summed E-state index contributed by atoms with van der Waals surface area (Å²) >= 11 is 0. The third-order valence-electron chi connectivity index (χ3n) is 3.92. The zero-order chi connectivity index (χ0) is 13.6. The highest BCUT2D eigenvalue weighted by Crippen LogP contribution is 2.35. The molecule has 0 bridgehead atoms. The lowest BCUT2D eigenvalue weighted by atomic mass is 9.90. The van der Waals surface area contributed by atoms with Gasteiger partial charge < -0.3 is 20.1 Å². The van der Waals surface area contributed by atoms with Gasteiger partial charge in [0.05, 0.1) is 13.2 Å². The van der Waals surface area contributed by atoms with Crippen LogP contribution in [0.1, 0.15) is 45.4 Å². The highest BCUT2D eigenvalue weighted by atomic mass is 16.7. The van der Waals surface area contributed by atoms with Gasteiger partial charge in [0.1, 0.15) is 0 Å². The van der Waals surface area contributed by atoms with Crippen molar-refractivity contribution in [1.29, 1.82) is 0 Å². The van der Waals surface area contributed by atoms with Gasteiger partial charge in [0.2, 0.25) is 5.91 Å². The van der Waals surface area contributed by atoms with E-state index in [1.54, 1.807) is 0 Å². The maximum Gasteiger partial charge on any atom is 0.221 e. The Balaban J connectivity index is 1.57. The summed E-state index contributed by atoms with van der Waals surface area (Å²) in [6.07, 6.45) is 5.62. The van der Waals surface area contributed by atoms with Gasteiger partial charge in [-0.05, 0) is 19.3 Å². The van der Waals surface area contributed by atoms with E-state index in [1.165, 1.54) is 0 Å². The maximum absolute atomic E-state index is 11.5. The van der Waals surface area contributed by atoms with Crippen LogP contribution in [0.2, 0.25) is 0 Å². The molecule has 2 rings (SSSR count). The van der Waals surface area contributed by atoms with Crippen molar-refractivity contribution in [2.24, 2.45) is 0 Å². The second kappa shape index (κ2) is 7.22. The van der Waals surface area contributed by atoms with Crippen LogP contribution >= 0.6 is 0 Å². The monoisotopic (exact) mass is 270 g/mol. The Kier molecular flexibility index (Phi) is 5.60. The van der Waals surface area contributed by atoms with Gasteiger partial charge in [-0.25, -0.2) is 0 Å². The number of nitrogens with one attached hydrogen (secondary N) is 2. The fraction of sp³-hybridized carbons (Fsp3) is 0.929. The number of rotatable bonds is 6. The molecular weight excluding hydrogens is 244 g/mol. The Bertz CT molecular complexity index is 280. The first-order valence-electron chi connectivity index (χ1n) is 7.52. The van der Waals surface area contributed by atoms with Gasteiger partial charge in [-0.1, -0.05) is 6.92 Å². The van der Waals surface area contributed by atoms with Gasteiger partial charge >= 0.3 is 0 Å². The third kappa shape index (κ3) is 4.44. The predicted octanol–water partition coefficient (Wildman–Crippen LogP) is 1.18. The molecule has 1 spiro atoms. The van der Waals surface area contributed by atoms with Crippen molar-refractivity contribution in [1.82, 2.24) is 10.6 Å². The summed E-state index contributed by atoms with van der Waals surface area (Å²) < 4.78 is 11.4. The summed E-state index contributed by atoms with van der Waals surface area (Å²) in [6.45, 7) is 5.06. The first-order chi connectivity index (χ1) is 9.24. The van der Waals surface area contributed by atoms with Crippen molar-refractivity contribution in [3.63, 3.8) is 0 Å². The molecule has 2 aliphatic rings. The average Bonchev–Trinajstić information content (AvgIpc) is 2.87. The summed E-state index contributed by atoms with van der Waals surface area (Å²) in [4.78, 5) is 11.5. The molecule has 0 unspecified atom stereocenters. The lowest BCUT2D eigenvalue weighted by Crippen LogP contribution is -2.42. The van der Waals surface area contributed by atoms with Crippen LogP contribution in [-0.2, 0) is 14.3 Å². The fourth-order valence-electron chi connectivity index (χ4n) is 2.79. The first kappa shape index (κ1) is 14.8. The Morgan fingerprint density at radius 3 is 2.53 bits per heavy atom. The summed E-state index contributed by atoms with van der Waals surface area (Å²) in [5.41, 5.74) is 0. The number of hydrogen-bond acceptors (Lipinski definition) is 4. The van der Waals surface area contributed by atoms with Crippen LogP contribution in [0.25, 0.3) is 0 Å². The third-order valence-corrected chi connectivity index (χ3v) is 3.92. The van der Waals surface area contributed by atoms with Gasteiger partial charge in [0.25, 0.3) is 0 Å². The van der Waals surface area contributed by atoms with E-state index in [1.807, 2.05) is 0 Å². The molecule has 0 aromatic carbocycles. The number of carbonyl (C=O) groups excluding carboxylic acids is 1. The average molecular weight is 270 g/mol. The van der Waals surface area contributed by atoms with E-state index < -0.39 is 0 Å². The second-order valence-corrected chi connectivity index (χ2v) is 5.44. The molecule has 2 N–H and O–H groups in total.